The van der Waals surface area contributed by atoms with Gasteiger partial charge in [-0.15, -0.1) is 0 Å². The maximum absolute atomic E-state index is 12.0. The third-order valence-electron chi connectivity index (χ3n) is 2.58. The van der Waals surface area contributed by atoms with E-state index in [1.165, 1.54) is 18.5 Å². The van der Waals surface area contributed by atoms with E-state index in [1.807, 2.05) is 6.07 Å². The highest BCUT2D eigenvalue weighted by Crippen LogP contribution is 2.13. The normalized spacial score (nSPS) is 13.0. The molecule has 1 aromatic heterocycles. The molecule has 0 aliphatic carbocycles. The molecule has 0 bridgehead atoms. The number of aromatic nitrogens is 1. The van der Waals surface area contributed by atoms with E-state index < -0.39 is 20.8 Å². The van der Waals surface area contributed by atoms with Crippen LogP contribution in [-0.4, -0.2) is 29.9 Å². The van der Waals surface area contributed by atoms with Crippen molar-refractivity contribution in [1.29, 1.82) is 0 Å². The summed E-state index contributed by atoms with van der Waals surface area (Å²) in [4.78, 5) is 4.38. The van der Waals surface area contributed by atoms with Crippen LogP contribution in [0.25, 0.3) is 0 Å². The second-order valence-electron chi connectivity index (χ2n) is 4.10. The number of benzene rings is 1. The van der Waals surface area contributed by atoms with Gasteiger partial charge in [0.25, 0.3) is 0 Å². The first kappa shape index (κ1) is 16.1. The summed E-state index contributed by atoms with van der Waals surface area (Å²) in [5, 5.41) is 0.241. The smallest absolute Gasteiger partial charge is 0.242 e. The van der Waals surface area contributed by atoms with Crippen molar-refractivity contribution in [2.75, 3.05) is 12.3 Å². The molecule has 0 saturated carbocycles. The van der Waals surface area contributed by atoms with Gasteiger partial charge in [-0.05, 0) is 18.2 Å². The van der Waals surface area contributed by atoms with E-state index in [0.29, 0.717) is 4.90 Å². The fourth-order valence-corrected chi connectivity index (χ4v) is 3.95. The fourth-order valence-electron chi connectivity index (χ4n) is 1.58. The first-order valence-corrected chi connectivity index (χ1v) is 9.21. The topological polar surface area (TPSA) is 76.1 Å². The van der Waals surface area contributed by atoms with Crippen molar-refractivity contribution in [3.05, 3.63) is 53.8 Å². The Morgan fingerprint density at radius 3 is 2.57 bits per heavy atom. The van der Waals surface area contributed by atoms with E-state index in [2.05, 4.69) is 9.71 Å². The molecule has 5 nitrogen and oxygen atoms in total. The first-order valence-electron chi connectivity index (χ1n) is 6.03. The van der Waals surface area contributed by atoms with Crippen LogP contribution in [0.2, 0.25) is 5.02 Å². The maximum Gasteiger partial charge on any atom is 0.242 e. The third-order valence-corrected chi connectivity index (χ3v) is 5.58. The van der Waals surface area contributed by atoms with Crippen LogP contribution < -0.4 is 4.72 Å². The molecule has 0 fully saturated rings. The lowest BCUT2D eigenvalue weighted by molar-refractivity contribution is 0.583. The summed E-state index contributed by atoms with van der Waals surface area (Å²) in [5.74, 6) is 0.192. The molecule has 1 atom stereocenters. The van der Waals surface area contributed by atoms with Gasteiger partial charge >= 0.3 is 0 Å². The zero-order valence-electron chi connectivity index (χ0n) is 10.9. The maximum atomic E-state index is 12.0. The van der Waals surface area contributed by atoms with Crippen LogP contribution in [0.1, 0.15) is 0 Å². The van der Waals surface area contributed by atoms with E-state index >= 15 is 0 Å². The molecule has 8 heteroatoms. The van der Waals surface area contributed by atoms with Gasteiger partial charge in [0.2, 0.25) is 10.0 Å². The standard InChI is InChI=1S/C13H13ClN2O3S2/c14-11-8-13(10-15-9-11)21(18,19)16-6-7-20(17)12-4-2-1-3-5-12/h1-5,8-10,16H,6-7H2/t20-/m0/s1. The molecule has 1 heterocycles. The SMILES string of the molecule is O=[S@@](CCNS(=O)(=O)c1cncc(Cl)c1)c1ccccc1. The molecule has 0 saturated heterocycles. The van der Waals surface area contributed by atoms with E-state index in [4.69, 9.17) is 11.6 Å². The Labute approximate surface area is 130 Å². The highest BCUT2D eigenvalue weighted by atomic mass is 35.5. The van der Waals surface area contributed by atoms with Crippen molar-refractivity contribution in [2.24, 2.45) is 0 Å². The van der Waals surface area contributed by atoms with Gasteiger partial charge in [-0.25, -0.2) is 13.1 Å². The Morgan fingerprint density at radius 1 is 1.19 bits per heavy atom. The minimum atomic E-state index is -3.69. The van der Waals surface area contributed by atoms with Crippen LogP contribution >= 0.6 is 11.6 Å². The Balaban J connectivity index is 1.95. The second kappa shape index (κ2) is 7.13. The largest absolute Gasteiger partial charge is 0.262 e. The van der Waals surface area contributed by atoms with Gasteiger partial charge in [0.15, 0.2) is 0 Å². The minimum absolute atomic E-state index is 0.0134. The van der Waals surface area contributed by atoms with Gasteiger partial charge in [0, 0.05) is 29.6 Å². The van der Waals surface area contributed by atoms with Gasteiger partial charge in [0.05, 0.1) is 15.8 Å². The van der Waals surface area contributed by atoms with Crippen LogP contribution in [0.15, 0.2) is 58.6 Å². The molecule has 0 amide bonds. The Hall–Kier alpha value is -1.28. The summed E-state index contributed by atoms with van der Waals surface area (Å²) in [6.45, 7) is 0.0658. The van der Waals surface area contributed by atoms with Crippen LogP contribution in [0, 0.1) is 0 Å². The quantitative estimate of drug-likeness (QED) is 0.867. The van der Waals surface area contributed by atoms with Crippen LogP contribution in [-0.2, 0) is 20.8 Å². The molecule has 1 aromatic carbocycles. The molecule has 0 unspecified atom stereocenters. The lowest BCUT2D eigenvalue weighted by Gasteiger charge is -2.06. The summed E-state index contributed by atoms with van der Waals surface area (Å²) >= 11 is 5.71. The van der Waals surface area contributed by atoms with Gasteiger partial charge in [-0.3, -0.25) is 9.19 Å². The third kappa shape index (κ3) is 4.60. The molecule has 1 N–H and O–H groups in total. The summed E-state index contributed by atoms with van der Waals surface area (Å²) < 4.78 is 38.3. The number of halogens is 1. The van der Waals surface area contributed by atoms with Crippen LogP contribution in [0.5, 0.6) is 0 Å². The van der Waals surface area contributed by atoms with Crippen molar-refractivity contribution in [3.8, 4) is 0 Å². The zero-order valence-corrected chi connectivity index (χ0v) is 13.3. The highest BCUT2D eigenvalue weighted by molar-refractivity contribution is 7.89. The number of nitrogens with one attached hydrogen (secondary N) is 1. The van der Waals surface area contributed by atoms with E-state index in [1.54, 1.807) is 24.3 Å². The van der Waals surface area contributed by atoms with Crippen molar-refractivity contribution >= 4 is 32.4 Å². The lowest BCUT2D eigenvalue weighted by atomic mass is 10.4. The predicted molar refractivity (Wildman–Crippen MR) is 82.2 cm³/mol. The van der Waals surface area contributed by atoms with Crippen molar-refractivity contribution < 1.29 is 12.6 Å². The Bertz CT molecular complexity index is 736. The number of pyridine rings is 1. The van der Waals surface area contributed by atoms with Gasteiger partial charge in [0.1, 0.15) is 4.90 Å². The van der Waals surface area contributed by atoms with Crippen molar-refractivity contribution in [3.63, 3.8) is 0 Å². The zero-order chi connectivity index (χ0) is 15.3. The Kier molecular flexibility index (Phi) is 5.46. The van der Waals surface area contributed by atoms with E-state index in [-0.39, 0.29) is 22.2 Å². The monoisotopic (exact) mass is 344 g/mol. The Morgan fingerprint density at radius 2 is 1.90 bits per heavy atom. The number of rotatable bonds is 6. The molecular weight excluding hydrogens is 332 g/mol. The lowest BCUT2D eigenvalue weighted by Crippen LogP contribution is -2.28. The van der Waals surface area contributed by atoms with E-state index in [0.717, 1.165) is 0 Å². The molecule has 0 aliphatic heterocycles. The van der Waals surface area contributed by atoms with Crippen LogP contribution in [0.3, 0.4) is 0 Å². The minimum Gasteiger partial charge on any atom is -0.262 e. The molecular formula is C13H13ClN2O3S2. The fraction of sp³-hybridized carbons (Fsp3) is 0.154. The summed E-state index contributed by atoms with van der Waals surface area (Å²) in [7, 11) is -4.94. The molecule has 0 radical (unpaired) electrons. The highest BCUT2D eigenvalue weighted by Gasteiger charge is 2.15. The molecule has 2 rings (SSSR count). The summed E-state index contributed by atoms with van der Waals surface area (Å²) in [6, 6.07) is 10.2. The predicted octanol–water partition coefficient (Wildman–Crippen LogP) is 1.82. The van der Waals surface area contributed by atoms with Gasteiger partial charge in [-0.2, -0.15) is 0 Å². The van der Waals surface area contributed by atoms with E-state index in [9.17, 15) is 12.6 Å². The summed E-state index contributed by atoms with van der Waals surface area (Å²) in [6.07, 6.45) is 2.56. The molecule has 2 aromatic rings. The average Bonchev–Trinajstić information content (AvgIpc) is 2.48. The summed E-state index contributed by atoms with van der Waals surface area (Å²) in [5.41, 5.74) is 0. The van der Waals surface area contributed by atoms with Gasteiger partial charge in [-0.1, -0.05) is 29.8 Å². The van der Waals surface area contributed by atoms with Gasteiger partial charge < -0.3 is 0 Å². The molecule has 21 heavy (non-hydrogen) atoms. The molecule has 0 aliphatic rings. The van der Waals surface area contributed by atoms with Crippen molar-refractivity contribution in [1.82, 2.24) is 9.71 Å². The molecule has 112 valence electrons. The number of hydrogen-bond donors (Lipinski definition) is 1. The number of hydrogen-bond acceptors (Lipinski definition) is 4. The second-order valence-corrected chi connectivity index (χ2v) is 7.87. The van der Waals surface area contributed by atoms with Crippen LogP contribution in [0.4, 0.5) is 0 Å². The average molecular weight is 345 g/mol. The van der Waals surface area contributed by atoms with Crippen molar-refractivity contribution in [2.45, 2.75) is 9.79 Å². The number of nitrogens with zero attached hydrogens (tertiary/aromatic N) is 1. The molecule has 0 spiro atoms. The first-order chi connectivity index (χ1) is 9.99. The number of sulfonamides is 1.